The average molecular weight is 482 g/mol. The fourth-order valence-electron chi connectivity index (χ4n) is 3.73. The van der Waals surface area contributed by atoms with E-state index in [1.807, 2.05) is 4.90 Å². The van der Waals surface area contributed by atoms with Crippen LogP contribution >= 0.6 is 11.6 Å². The van der Waals surface area contributed by atoms with E-state index in [-0.39, 0.29) is 28.6 Å². The lowest BCUT2D eigenvalue weighted by molar-refractivity contribution is 0.0590. The maximum Gasteiger partial charge on any atom is 0.358 e. The number of aromatic nitrogens is 2. The molecule has 2 aromatic rings. The molecule has 1 aliphatic rings. The summed E-state index contributed by atoms with van der Waals surface area (Å²) in [5.41, 5.74) is 0.236. The molecule has 180 valence electrons. The number of benzene rings is 1. The van der Waals surface area contributed by atoms with Crippen LogP contribution in [0.25, 0.3) is 0 Å². The number of esters is 1. The highest BCUT2D eigenvalue weighted by molar-refractivity contribution is 6.31. The highest BCUT2D eigenvalue weighted by Crippen LogP contribution is 2.30. The Morgan fingerprint density at radius 2 is 1.97 bits per heavy atom. The van der Waals surface area contributed by atoms with Gasteiger partial charge in [-0.1, -0.05) is 17.7 Å². The molecule has 1 aromatic heterocycles. The summed E-state index contributed by atoms with van der Waals surface area (Å²) in [6.45, 7) is 2.30. The van der Waals surface area contributed by atoms with Crippen molar-refractivity contribution in [3.63, 3.8) is 0 Å². The summed E-state index contributed by atoms with van der Waals surface area (Å²) in [6.07, 6.45) is 3.65. The van der Waals surface area contributed by atoms with Crippen molar-refractivity contribution in [3.05, 3.63) is 40.3 Å². The number of nitrogens with zero attached hydrogens (tertiary/aromatic N) is 3. The Morgan fingerprint density at radius 1 is 1.21 bits per heavy atom. The number of ether oxygens (including phenoxy) is 2. The lowest BCUT2D eigenvalue weighted by atomic mass is 10.1. The number of nitrogens with one attached hydrogen (secondary N) is 2. The van der Waals surface area contributed by atoms with Crippen LogP contribution in [-0.4, -0.2) is 62.0 Å². The van der Waals surface area contributed by atoms with Gasteiger partial charge in [0.2, 0.25) is 5.95 Å². The predicted molar refractivity (Wildman–Crippen MR) is 124 cm³/mol. The SMILES string of the molecule is COCCCNC(=O)Nc1nc(N2CCCCC2)n(Cc2c(F)cccc2Cl)c1C(=O)OC. The maximum absolute atomic E-state index is 14.6. The number of piperidine rings is 1. The number of carbonyl (C=O) groups excluding carboxylic acids is 2. The molecule has 0 aliphatic carbocycles. The minimum Gasteiger partial charge on any atom is -0.464 e. The highest BCUT2D eigenvalue weighted by atomic mass is 35.5. The molecule has 2 amide bonds. The van der Waals surface area contributed by atoms with Crippen LogP contribution in [-0.2, 0) is 16.0 Å². The van der Waals surface area contributed by atoms with Crippen LogP contribution in [0.1, 0.15) is 41.7 Å². The third-order valence-electron chi connectivity index (χ3n) is 5.39. The van der Waals surface area contributed by atoms with E-state index in [9.17, 15) is 14.0 Å². The van der Waals surface area contributed by atoms with Gasteiger partial charge in [-0.2, -0.15) is 4.98 Å². The number of carbonyl (C=O) groups is 2. The molecule has 0 bridgehead atoms. The molecule has 1 fully saturated rings. The fraction of sp³-hybridized carbons (Fsp3) is 0.500. The molecule has 0 unspecified atom stereocenters. The molecule has 2 heterocycles. The molecule has 1 aromatic carbocycles. The monoisotopic (exact) mass is 481 g/mol. The largest absolute Gasteiger partial charge is 0.464 e. The minimum absolute atomic E-state index is 0.0180. The number of rotatable bonds is 9. The number of methoxy groups -OCH3 is 2. The number of hydrogen-bond acceptors (Lipinski definition) is 6. The second-order valence-electron chi connectivity index (χ2n) is 7.66. The van der Waals surface area contributed by atoms with Gasteiger partial charge in [0.05, 0.1) is 13.7 Å². The van der Waals surface area contributed by atoms with Crippen LogP contribution in [0.5, 0.6) is 0 Å². The van der Waals surface area contributed by atoms with Gasteiger partial charge in [-0.3, -0.25) is 9.88 Å². The van der Waals surface area contributed by atoms with E-state index in [0.29, 0.717) is 25.5 Å². The first-order chi connectivity index (χ1) is 16.0. The molecule has 1 saturated heterocycles. The second kappa shape index (κ2) is 11.9. The molecule has 11 heteroatoms. The van der Waals surface area contributed by atoms with Crippen molar-refractivity contribution in [2.45, 2.75) is 32.2 Å². The van der Waals surface area contributed by atoms with Crippen molar-refractivity contribution in [2.75, 3.05) is 50.7 Å². The molecule has 33 heavy (non-hydrogen) atoms. The Bertz CT molecular complexity index is 958. The van der Waals surface area contributed by atoms with Crippen LogP contribution in [0.2, 0.25) is 5.02 Å². The first kappa shape index (κ1) is 24.8. The van der Waals surface area contributed by atoms with Gasteiger partial charge in [0.25, 0.3) is 0 Å². The van der Waals surface area contributed by atoms with Crippen molar-refractivity contribution in [1.82, 2.24) is 14.9 Å². The molecule has 0 radical (unpaired) electrons. The molecule has 3 rings (SSSR count). The van der Waals surface area contributed by atoms with Gasteiger partial charge in [0, 0.05) is 43.9 Å². The fourth-order valence-corrected chi connectivity index (χ4v) is 3.95. The topological polar surface area (TPSA) is 97.7 Å². The average Bonchev–Trinajstić information content (AvgIpc) is 3.17. The number of amides is 2. The number of imidazole rings is 1. The van der Waals surface area contributed by atoms with E-state index in [2.05, 4.69) is 15.6 Å². The van der Waals surface area contributed by atoms with Gasteiger partial charge in [-0.05, 0) is 37.8 Å². The van der Waals surface area contributed by atoms with E-state index in [0.717, 1.165) is 32.4 Å². The van der Waals surface area contributed by atoms with Crippen molar-refractivity contribution in [1.29, 1.82) is 0 Å². The Hall–Kier alpha value is -2.85. The van der Waals surface area contributed by atoms with Gasteiger partial charge in [0.15, 0.2) is 11.5 Å². The van der Waals surface area contributed by atoms with E-state index in [4.69, 9.17) is 21.1 Å². The first-order valence-electron chi connectivity index (χ1n) is 10.9. The normalized spacial score (nSPS) is 13.6. The van der Waals surface area contributed by atoms with Crippen molar-refractivity contribution in [2.24, 2.45) is 0 Å². The van der Waals surface area contributed by atoms with Crippen molar-refractivity contribution >= 4 is 35.4 Å². The molecule has 1 aliphatic heterocycles. The van der Waals surface area contributed by atoms with E-state index in [1.54, 1.807) is 17.7 Å². The molecular weight excluding hydrogens is 453 g/mol. The Morgan fingerprint density at radius 3 is 2.64 bits per heavy atom. The van der Waals surface area contributed by atoms with Gasteiger partial charge in [-0.15, -0.1) is 0 Å². The Labute approximate surface area is 197 Å². The zero-order chi connectivity index (χ0) is 23.8. The van der Waals surface area contributed by atoms with Crippen LogP contribution < -0.4 is 15.5 Å². The van der Waals surface area contributed by atoms with Gasteiger partial charge in [-0.25, -0.2) is 14.0 Å². The summed E-state index contributed by atoms with van der Waals surface area (Å²) >= 11 is 6.26. The second-order valence-corrected chi connectivity index (χ2v) is 8.07. The standard InChI is InChI=1S/C22H29ClFN5O4/c1-32-13-7-10-25-21(31)26-19-18(20(30)33-2)29(14-15-16(23)8-6-9-17(15)24)22(27-19)28-11-4-3-5-12-28/h6,8-9H,3-5,7,10-14H2,1-2H3,(H2,25,26,31). The molecule has 0 saturated carbocycles. The predicted octanol–water partition coefficient (Wildman–Crippen LogP) is 3.66. The number of halogens is 2. The van der Waals surface area contributed by atoms with E-state index >= 15 is 0 Å². The third-order valence-corrected chi connectivity index (χ3v) is 5.74. The molecule has 0 atom stereocenters. The molecule has 2 N–H and O–H groups in total. The first-order valence-corrected chi connectivity index (χ1v) is 11.2. The quantitative estimate of drug-likeness (QED) is 0.419. The van der Waals surface area contributed by atoms with Crippen LogP contribution in [0.15, 0.2) is 18.2 Å². The van der Waals surface area contributed by atoms with Crippen LogP contribution in [0, 0.1) is 5.82 Å². The third kappa shape index (κ3) is 6.14. The van der Waals surface area contributed by atoms with Gasteiger partial charge < -0.3 is 19.7 Å². The molecule has 0 spiro atoms. The van der Waals surface area contributed by atoms with Crippen molar-refractivity contribution in [3.8, 4) is 0 Å². The smallest absolute Gasteiger partial charge is 0.358 e. The minimum atomic E-state index is -0.701. The zero-order valence-corrected chi connectivity index (χ0v) is 19.6. The van der Waals surface area contributed by atoms with Crippen molar-refractivity contribution < 1.29 is 23.5 Å². The van der Waals surface area contributed by atoms with Gasteiger partial charge in [0.1, 0.15) is 5.82 Å². The lowest BCUT2D eigenvalue weighted by Crippen LogP contribution is -2.32. The maximum atomic E-state index is 14.6. The number of urea groups is 1. The summed E-state index contributed by atoms with van der Waals surface area (Å²) in [5, 5.41) is 5.57. The summed E-state index contributed by atoms with van der Waals surface area (Å²) in [6, 6.07) is 3.89. The molecular formula is C22H29ClFN5O4. The summed E-state index contributed by atoms with van der Waals surface area (Å²) in [7, 11) is 2.82. The summed E-state index contributed by atoms with van der Waals surface area (Å²) in [5.74, 6) is -0.710. The van der Waals surface area contributed by atoms with Crippen LogP contribution in [0.3, 0.4) is 0 Å². The van der Waals surface area contributed by atoms with Gasteiger partial charge >= 0.3 is 12.0 Å². The summed E-state index contributed by atoms with van der Waals surface area (Å²) in [4.78, 5) is 31.8. The zero-order valence-electron chi connectivity index (χ0n) is 18.8. The van der Waals surface area contributed by atoms with E-state index in [1.165, 1.54) is 19.2 Å². The van der Waals surface area contributed by atoms with Crippen LogP contribution in [0.4, 0.5) is 21.0 Å². The Kier molecular flexibility index (Phi) is 8.90. The number of anilines is 2. The summed E-state index contributed by atoms with van der Waals surface area (Å²) < 4.78 is 26.1. The Balaban J connectivity index is 2.00. The molecule has 9 nitrogen and oxygen atoms in total. The number of hydrogen-bond donors (Lipinski definition) is 2. The highest BCUT2D eigenvalue weighted by Gasteiger charge is 2.29. The van der Waals surface area contributed by atoms with E-state index < -0.39 is 17.8 Å². The lowest BCUT2D eigenvalue weighted by Gasteiger charge is -2.28.